The zero-order valence-electron chi connectivity index (χ0n) is 22.9. The number of hydrogen-bond acceptors (Lipinski definition) is 6. The maximum atomic E-state index is 14.4. The molecule has 3 aliphatic heterocycles. The summed E-state index contributed by atoms with van der Waals surface area (Å²) in [5, 5.41) is 11.8. The van der Waals surface area contributed by atoms with Gasteiger partial charge in [0, 0.05) is 56.5 Å². The van der Waals surface area contributed by atoms with E-state index in [2.05, 4.69) is 27.5 Å². The fraction of sp³-hybridized carbons (Fsp3) is 0.483. The lowest BCUT2D eigenvalue weighted by Gasteiger charge is -2.44. The van der Waals surface area contributed by atoms with Crippen LogP contribution in [0.25, 0.3) is 11.2 Å². The molecule has 3 aromatic heterocycles. The first kappa shape index (κ1) is 26.4. The molecule has 216 valence electrons. The lowest BCUT2D eigenvalue weighted by atomic mass is 9.75. The van der Waals surface area contributed by atoms with Crippen LogP contribution in [0.15, 0.2) is 53.8 Å². The number of pyridine rings is 1. The second-order valence-corrected chi connectivity index (χ2v) is 12.0. The average Bonchev–Trinajstić information content (AvgIpc) is 3.46. The Hall–Kier alpha value is -3.48. The predicted octanol–water partition coefficient (Wildman–Crippen LogP) is 2.90. The lowest BCUT2D eigenvalue weighted by Crippen LogP contribution is -2.58. The molecule has 3 saturated heterocycles. The first-order valence-electron chi connectivity index (χ1n) is 13.9. The monoisotopic (exact) mass is 567 g/mol. The van der Waals surface area contributed by atoms with Gasteiger partial charge in [-0.25, -0.2) is 4.79 Å². The number of piperazine rings is 1. The minimum atomic E-state index is -4.60. The Morgan fingerprint density at radius 3 is 2.49 bits per heavy atom. The summed E-state index contributed by atoms with van der Waals surface area (Å²) in [6.07, 6.45) is 2.04. The van der Waals surface area contributed by atoms with Gasteiger partial charge in [-0.05, 0) is 55.1 Å². The van der Waals surface area contributed by atoms with Gasteiger partial charge in [0.05, 0.1) is 30.0 Å². The number of fused-ring (bicyclic) bond motifs is 3. The van der Waals surface area contributed by atoms with Crippen LogP contribution in [0.5, 0.6) is 0 Å². The van der Waals surface area contributed by atoms with E-state index in [1.54, 1.807) is 18.6 Å². The van der Waals surface area contributed by atoms with E-state index in [1.807, 2.05) is 29.8 Å². The van der Waals surface area contributed by atoms with E-state index in [0.29, 0.717) is 30.9 Å². The minimum Gasteiger partial charge on any atom is -0.379 e. The Morgan fingerprint density at radius 1 is 1.10 bits per heavy atom. The zero-order chi connectivity index (χ0) is 28.5. The third-order valence-corrected chi connectivity index (χ3v) is 9.03. The van der Waals surface area contributed by atoms with Crippen molar-refractivity contribution in [2.75, 3.05) is 33.4 Å². The number of nitrogens with zero attached hydrogens (tertiary/aromatic N) is 6. The van der Waals surface area contributed by atoms with E-state index in [9.17, 15) is 18.0 Å². The number of hydrogen-bond donors (Lipinski definition) is 1. The SMILES string of the molecule is CN1CC2CC(c3cc(C(F)(F)F)c4cn(-c5cccc(C6(Cc7nncn7C)COC6)c5)c(=O)n4c3)CC(C1)N2. The molecule has 4 aromatic rings. The molecule has 9 nitrogen and oxygen atoms in total. The highest BCUT2D eigenvalue weighted by atomic mass is 19.4. The first-order valence-corrected chi connectivity index (χ1v) is 13.9. The standard InChI is InChI=1S/C29H32F3N7O2/c1-36-12-21-6-18(7-22(13-36)34-21)19-8-24(29(30,31)32)25-14-38(27(40)39(25)11-19)23-5-3-4-20(9-23)28(15-41-16-28)10-26-35-33-17-37(26)2/h3-5,8-9,11,14,17-18,21-22,34H,6-7,10,12-13,15-16H2,1-2H3. The molecule has 6 heterocycles. The Kier molecular flexibility index (Phi) is 6.14. The fourth-order valence-corrected chi connectivity index (χ4v) is 6.93. The number of benzene rings is 1. The van der Waals surface area contributed by atoms with Gasteiger partial charge in [-0.2, -0.15) is 13.2 Å². The van der Waals surface area contributed by atoms with Crippen molar-refractivity contribution >= 4 is 5.52 Å². The van der Waals surface area contributed by atoms with E-state index in [0.717, 1.165) is 37.3 Å². The van der Waals surface area contributed by atoms with Gasteiger partial charge in [0.15, 0.2) is 0 Å². The summed E-state index contributed by atoms with van der Waals surface area (Å²) in [4.78, 5) is 16.0. The quantitative estimate of drug-likeness (QED) is 0.400. The predicted molar refractivity (Wildman–Crippen MR) is 145 cm³/mol. The van der Waals surface area contributed by atoms with Gasteiger partial charge in [0.2, 0.25) is 0 Å². The highest BCUT2D eigenvalue weighted by Crippen LogP contribution is 2.39. The summed E-state index contributed by atoms with van der Waals surface area (Å²) in [5.41, 5.74) is 0.203. The zero-order valence-corrected chi connectivity index (χ0v) is 22.9. The second kappa shape index (κ2) is 9.53. The van der Waals surface area contributed by atoms with Crippen LogP contribution in [0.1, 0.15) is 41.3 Å². The maximum Gasteiger partial charge on any atom is 0.418 e. The normalized spacial score (nSPS) is 24.5. The molecule has 0 aliphatic carbocycles. The van der Waals surface area contributed by atoms with E-state index < -0.39 is 17.4 Å². The van der Waals surface area contributed by atoms with E-state index in [-0.39, 0.29) is 28.9 Å². The Labute approximate surface area is 234 Å². The van der Waals surface area contributed by atoms with Crippen LogP contribution < -0.4 is 11.0 Å². The third kappa shape index (κ3) is 4.58. The number of rotatable bonds is 5. The summed E-state index contributed by atoms with van der Waals surface area (Å²) in [6, 6.07) is 9.11. The number of alkyl halides is 3. The van der Waals surface area contributed by atoms with Crippen LogP contribution in [0, 0.1) is 0 Å². The number of aryl methyl sites for hydroxylation is 1. The van der Waals surface area contributed by atoms with Crippen LogP contribution in [-0.2, 0) is 29.8 Å². The Bertz CT molecular complexity index is 1650. The van der Waals surface area contributed by atoms with Gasteiger partial charge in [-0.3, -0.25) is 8.97 Å². The Balaban J connectivity index is 1.29. The molecule has 3 aliphatic rings. The molecular weight excluding hydrogens is 535 g/mol. The number of imidazole rings is 1. The number of likely N-dealkylation sites (tertiary alicyclic amines) is 1. The lowest BCUT2D eigenvalue weighted by molar-refractivity contribution is -0.136. The van der Waals surface area contributed by atoms with Crippen LogP contribution in [-0.4, -0.2) is 74.1 Å². The van der Waals surface area contributed by atoms with Crippen LogP contribution >= 0.6 is 0 Å². The van der Waals surface area contributed by atoms with Gasteiger partial charge in [-0.1, -0.05) is 12.1 Å². The smallest absolute Gasteiger partial charge is 0.379 e. The van der Waals surface area contributed by atoms with Crippen LogP contribution in [0.2, 0.25) is 0 Å². The molecule has 2 bridgehead atoms. The molecule has 41 heavy (non-hydrogen) atoms. The largest absolute Gasteiger partial charge is 0.418 e. The Morgan fingerprint density at radius 2 is 1.85 bits per heavy atom. The summed E-state index contributed by atoms with van der Waals surface area (Å²) in [7, 11) is 3.95. The maximum absolute atomic E-state index is 14.4. The van der Waals surface area contributed by atoms with E-state index in [4.69, 9.17) is 4.74 Å². The molecule has 1 aromatic carbocycles. The van der Waals surface area contributed by atoms with Gasteiger partial charge in [-0.15, -0.1) is 10.2 Å². The van der Waals surface area contributed by atoms with Gasteiger partial charge in [0.1, 0.15) is 12.2 Å². The van der Waals surface area contributed by atoms with E-state index >= 15 is 0 Å². The molecule has 2 atom stereocenters. The highest BCUT2D eigenvalue weighted by molar-refractivity contribution is 5.58. The fourth-order valence-electron chi connectivity index (χ4n) is 6.93. The van der Waals surface area contributed by atoms with Gasteiger partial charge >= 0.3 is 11.9 Å². The van der Waals surface area contributed by atoms with Crippen molar-refractivity contribution in [2.24, 2.45) is 7.05 Å². The molecule has 12 heteroatoms. The van der Waals surface area contributed by atoms with Crippen molar-refractivity contribution in [3.63, 3.8) is 0 Å². The molecular formula is C29H32F3N7O2. The van der Waals surface area contributed by atoms with Gasteiger partial charge in [0.25, 0.3) is 0 Å². The number of nitrogens with one attached hydrogen (secondary N) is 1. The van der Waals surface area contributed by atoms with Gasteiger partial charge < -0.3 is 19.5 Å². The van der Waals surface area contributed by atoms with Crippen molar-refractivity contribution < 1.29 is 17.9 Å². The summed E-state index contributed by atoms with van der Waals surface area (Å²) >= 11 is 0. The topological polar surface area (TPSA) is 81.6 Å². The van der Waals surface area contributed by atoms with Crippen LogP contribution in [0.3, 0.4) is 0 Å². The third-order valence-electron chi connectivity index (χ3n) is 9.03. The summed E-state index contributed by atoms with van der Waals surface area (Å²) in [5.74, 6) is 0.754. The molecule has 2 unspecified atom stereocenters. The molecule has 7 rings (SSSR count). The summed E-state index contributed by atoms with van der Waals surface area (Å²) in [6.45, 7) is 2.67. The van der Waals surface area contributed by atoms with E-state index in [1.165, 1.54) is 21.2 Å². The van der Waals surface area contributed by atoms with Crippen molar-refractivity contribution in [3.8, 4) is 5.69 Å². The molecule has 1 N–H and O–H groups in total. The number of ether oxygens (including phenoxy) is 1. The minimum absolute atomic E-state index is 0.0527. The van der Waals surface area contributed by atoms with Crippen molar-refractivity contribution in [2.45, 2.75) is 48.9 Å². The molecule has 0 spiro atoms. The summed E-state index contributed by atoms with van der Waals surface area (Å²) < 4.78 is 53.2. The molecule has 0 amide bonds. The molecule has 0 radical (unpaired) electrons. The van der Waals surface area contributed by atoms with Crippen molar-refractivity contribution in [3.05, 3.63) is 82.1 Å². The second-order valence-electron chi connectivity index (χ2n) is 12.0. The number of piperidine rings is 1. The number of likely N-dealkylation sites (N-methyl/N-ethyl adjacent to an activating group) is 1. The number of halogens is 3. The molecule has 0 saturated carbocycles. The van der Waals surface area contributed by atoms with Crippen molar-refractivity contribution in [1.82, 2.24) is 33.9 Å². The first-order chi connectivity index (χ1) is 19.6. The average molecular weight is 568 g/mol. The van der Waals surface area contributed by atoms with Crippen LogP contribution in [0.4, 0.5) is 13.2 Å². The molecule has 3 fully saturated rings. The number of aromatic nitrogens is 5. The highest BCUT2D eigenvalue weighted by Gasteiger charge is 2.42. The van der Waals surface area contributed by atoms with Crippen molar-refractivity contribution in [1.29, 1.82) is 0 Å².